The summed E-state index contributed by atoms with van der Waals surface area (Å²) in [4.78, 5) is 9.77. The topological polar surface area (TPSA) is 25.8 Å². The maximum absolute atomic E-state index is 12.8. The fourth-order valence-electron chi connectivity index (χ4n) is 1.59. The SMILES string of the molecule is CC(C)(C)c1cc(Cl)nc(CSc2ccc(F)cc2)n1. The van der Waals surface area contributed by atoms with E-state index in [2.05, 4.69) is 30.7 Å². The van der Waals surface area contributed by atoms with Crippen molar-refractivity contribution in [1.82, 2.24) is 9.97 Å². The molecule has 0 aliphatic carbocycles. The van der Waals surface area contributed by atoms with Crippen molar-refractivity contribution in [3.8, 4) is 0 Å². The number of hydrogen-bond donors (Lipinski definition) is 0. The molecule has 0 unspecified atom stereocenters. The van der Waals surface area contributed by atoms with Crippen LogP contribution in [0.2, 0.25) is 5.15 Å². The van der Waals surface area contributed by atoms with E-state index in [1.165, 1.54) is 12.1 Å². The summed E-state index contributed by atoms with van der Waals surface area (Å²) < 4.78 is 12.8. The lowest BCUT2D eigenvalue weighted by atomic mass is 9.92. The number of benzene rings is 1. The van der Waals surface area contributed by atoms with Gasteiger partial charge in [0.2, 0.25) is 0 Å². The molecule has 106 valence electrons. The van der Waals surface area contributed by atoms with Gasteiger partial charge in [-0.1, -0.05) is 32.4 Å². The fraction of sp³-hybridized carbons (Fsp3) is 0.333. The van der Waals surface area contributed by atoms with Gasteiger partial charge < -0.3 is 0 Å². The summed E-state index contributed by atoms with van der Waals surface area (Å²) in [5.74, 6) is 1.06. The third kappa shape index (κ3) is 4.18. The number of halogens is 2. The highest BCUT2D eigenvalue weighted by Crippen LogP contribution is 2.25. The Bertz CT molecular complexity index is 594. The van der Waals surface area contributed by atoms with Gasteiger partial charge in [-0.05, 0) is 30.3 Å². The molecule has 0 amide bonds. The third-order valence-corrected chi connectivity index (χ3v) is 3.89. The molecular formula is C15H16ClFN2S. The van der Waals surface area contributed by atoms with Gasteiger partial charge in [0.25, 0.3) is 0 Å². The van der Waals surface area contributed by atoms with Crippen molar-refractivity contribution < 1.29 is 4.39 Å². The summed E-state index contributed by atoms with van der Waals surface area (Å²) in [6.07, 6.45) is 0. The number of rotatable bonds is 3. The molecule has 0 radical (unpaired) electrons. The van der Waals surface area contributed by atoms with Crippen LogP contribution in [0.15, 0.2) is 35.2 Å². The average Bonchev–Trinajstić information content (AvgIpc) is 2.36. The lowest BCUT2D eigenvalue weighted by molar-refractivity contribution is 0.564. The summed E-state index contributed by atoms with van der Waals surface area (Å²) in [6, 6.07) is 8.18. The van der Waals surface area contributed by atoms with Gasteiger partial charge in [0.05, 0.1) is 11.4 Å². The zero-order valence-corrected chi connectivity index (χ0v) is 13.2. The molecule has 2 rings (SSSR count). The van der Waals surface area contributed by atoms with Gasteiger partial charge in [-0.25, -0.2) is 14.4 Å². The van der Waals surface area contributed by atoms with E-state index in [9.17, 15) is 4.39 Å². The summed E-state index contributed by atoms with van der Waals surface area (Å²) in [6.45, 7) is 6.26. The summed E-state index contributed by atoms with van der Waals surface area (Å²) in [5, 5.41) is 0.458. The van der Waals surface area contributed by atoms with Crippen LogP contribution < -0.4 is 0 Å². The first-order chi connectivity index (χ1) is 9.34. The van der Waals surface area contributed by atoms with E-state index < -0.39 is 0 Å². The van der Waals surface area contributed by atoms with E-state index in [0.717, 1.165) is 10.6 Å². The molecule has 1 heterocycles. The van der Waals surface area contributed by atoms with Crippen molar-refractivity contribution in [3.63, 3.8) is 0 Å². The zero-order chi connectivity index (χ0) is 14.8. The highest BCUT2D eigenvalue weighted by atomic mass is 35.5. The minimum absolute atomic E-state index is 0.0676. The summed E-state index contributed by atoms with van der Waals surface area (Å²) >= 11 is 7.61. The monoisotopic (exact) mass is 310 g/mol. The Morgan fingerprint density at radius 1 is 1.15 bits per heavy atom. The van der Waals surface area contributed by atoms with E-state index in [0.29, 0.717) is 16.7 Å². The Balaban J connectivity index is 2.13. The van der Waals surface area contributed by atoms with E-state index in [4.69, 9.17) is 11.6 Å². The highest BCUT2D eigenvalue weighted by molar-refractivity contribution is 7.98. The molecule has 0 fully saturated rings. The molecule has 0 aliphatic rings. The molecule has 1 aromatic carbocycles. The van der Waals surface area contributed by atoms with Gasteiger partial charge in [-0.3, -0.25) is 0 Å². The van der Waals surface area contributed by atoms with Crippen LogP contribution in [0.1, 0.15) is 32.3 Å². The Morgan fingerprint density at radius 2 is 1.80 bits per heavy atom. The van der Waals surface area contributed by atoms with Gasteiger partial charge in [0, 0.05) is 10.3 Å². The molecule has 1 aromatic heterocycles. The minimum atomic E-state index is -0.233. The van der Waals surface area contributed by atoms with Crippen molar-refractivity contribution in [2.24, 2.45) is 0 Å². The first-order valence-electron chi connectivity index (χ1n) is 6.27. The van der Waals surface area contributed by atoms with Gasteiger partial charge >= 0.3 is 0 Å². The minimum Gasteiger partial charge on any atom is -0.236 e. The van der Waals surface area contributed by atoms with Crippen LogP contribution in [0.25, 0.3) is 0 Å². The molecule has 0 saturated carbocycles. The predicted molar refractivity (Wildman–Crippen MR) is 81.7 cm³/mol. The van der Waals surface area contributed by atoms with E-state index >= 15 is 0 Å². The van der Waals surface area contributed by atoms with Crippen molar-refractivity contribution in [3.05, 3.63) is 52.8 Å². The predicted octanol–water partition coefficient (Wildman–Crippen LogP) is 4.86. The van der Waals surface area contributed by atoms with Crippen molar-refractivity contribution >= 4 is 23.4 Å². The normalized spacial score (nSPS) is 11.7. The molecule has 0 saturated heterocycles. The molecule has 20 heavy (non-hydrogen) atoms. The Labute approximate surface area is 127 Å². The molecule has 5 heteroatoms. The molecule has 2 aromatic rings. The van der Waals surface area contributed by atoms with Crippen molar-refractivity contribution in [1.29, 1.82) is 0 Å². The molecule has 2 nitrogen and oxygen atoms in total. The van der Waals surface area contributed by atoms with Crippen LogP contribution in [-0.2, 0) is 11.2 Å². The second-order valence-corrected chi connectivity index (χ2v) is 6.92. The van der Waals surface area contributed by atoms with Gasteiger partial charge in [0.15, 0.2) is 0 Å². The molecule has 0 bridgehead atoms. The van der Waals surface area contributed by atoms with Gasteiger partial charge in [-0.2, -0.15) is 0 Å². The zero-order valence-electron chi connectivity index (χ0n) is 11.7. The van der Waals surface area contributed by atoms with Gasteiger partial charge in [0.1, 0.15) is 16.8 Å². The summed E-state index contributed by atoms with van der Waals surface area (Å²) in [5.41, 5.74) is 0.856. The largest absolute Gasteiger partial charge is 0.236 e. The molecular weight excluding hydrogens is 295 g/mol. The maximum Gasteiger partial charge on any atom is 0.140 e. The van der Waals surface area contributed by atoms with E-state index in [1.54, 1.807) is 30.0 Å². The highest BCUT2D eigenvalue weighted by Gasteiger charge is 2.17. The Morgan fingerprint density at radius 3 is 2.40 bits per heavy atom. The first kappa shape index (κ1) is 15.3. The number of nitrogens with zero attached hydrogens (tertiary/aromatic N) is 2. The quantitative estimate of drug-likeness (QED) is 0.598. The standard InChI is InChI=1S/C15H16ClFN2S/c1-15(2,3)12-8-13(16)19-14(18-12)9-20-11-6-4-10(17)5-7-11/h4-8H,9H2,1-3H3. The van der Waals surface area contributed by atoms with Crippen LogP contribution in [-0.4, -0.2) is 9.97 Å². The fourth-order valence-corrected chi connectivity index (χ4v) is 2.55. The lowest BCUT2D eigenvalue weighted by Crippen LogP contribution is -2.15. The molecule has 0 N–H and O–H groups in total. The maximum atomic E-state index is 12.8. The van der Waals surface area contributed by atoms with Crippen LogP contribution in [0.4, 0.5) is 4.39 Å². The van der Waals surface area contributed by atoms with Crippen molar-refractivity contribution in [2.45, 2.75) is 36.8 Å². The van der Waals surface area contributed by atoms with Crippen molar-refractivity contribution in [2.75, 3.05) is 0 Å². The van der Waals surface area contributed by atoms with E-state index in [1.807, 2.05) is 0 Å². The van der Waals surface area contributed by atoms with Crippen LogP contribution in [0, 0.1) is 5.82 Å². The number of hydrogen-bond acceptors (Lipinski definition) is 3. The van der Waals surface area contributed by atoms with Gasteiger partial charge in [-0.15, -0.1) is 11.8 Å². The average molecular weight is 311 g/mol. The Hall–Kier alpha value is -1.13. The van der Waals surface area contributed by atoms with Crippen LogP contribution in [0.5, 0.6) is 0 Å². The van der Waals surface area contributed by atoms with Crippen LogP contribution in [0.3, 0.4) is 0 Å². The molecule has 0 aliphatic heterocycles. The molecule has 0 spiro atoms. The second-order valence-electron chi connectivity index (χ2n) is 5.48. The molecule has 0 atom stereocenters. The van der Waals surface area contributed by atoms with E-state index in [-0.39, 0.29) is 11.2 Å². The number of thioether (sulfide) groups is 1. The lowest BCUT2D eigenvalue weighted by Gasteiger charge is -2.18. The smallest absolute Gasteiger partial charge is 0.140 e. The Kier molecular flexibility index (Phi) is 4.66. The first-order valence-corrected chi connectivity index (χ1v) is 7.63. The third-order valence-electron chi connectivity index (χ3n) is 2.69. The number of aromatic nitrogens is 2. The van der Waals surface area contributed by atoms with Crippen LogP contribution >= 0.6 is 23.4 Å². The summed E-state index contributed by atoms with van der Waals surface area (Å²) in [7, 11) is 0. The second kappa shape index (κ2) is 6.10.